The van der Waals surface area contributed by atoms with Crippen LogP contribution < -0.4 is 15.6 Å². The highest BCUT2D eigenvalue weighted by atomic mass is 16.5. The van der Waals surface area contributed by atoms with Crippen molar-refractivity contribution in [2.24, 2.45) is 4.99 Å². The van der Waals surface area contributed by atoms with E-state index in [1.165, 1.54) is 0 Å². The summed E-state index contributed by atoms with van der Waals surface area (Å²) in [6.07, 6.45) is 8.88. The van der Waals surface area contributed by atoms with Gasteiger partial charge in [-0.2, -0.15) is 0 Å². The summed E-state index contributed by atoms with van der Waals surface area (Å²) in [5.41, 5.74) is 5.59. The van der Waals surface area contributed by atoms with Gasteiger partial charge in [-0.1, -0.05) is 61.7 Å². The van der Waals surface area contributed by atoms with E-state index < -0.39 is 17.2 Å². The molecule has 2 atom stereocenters. The third-order valence-corrected chi connectivity index (χ3v) is 7.27. The van der Waals surface area contributed by atoms with Gasteiger partial charge < -0.3 is 19.7 Å². The maximum Gasteiger partial charge on any atom is 0.266 e. The molecule has 0 unspecified atom stereocenters. The summed E-state index contributed by atoms with van der Waals surface area (Å²) in [7, 11) is 0. The fourth-order valence-electron chi connectivity index (χ4n) is 4.91. The molecule has 4 N–H and O–H groups in total. The standard InChI is InChI=1S/C30H39N3O5/c1-23-30(19-8-12-24-10-4-2-5-11-24,28(35)33-31-22-29(36)17-6-3-7-18-29)32-27(38-23)25-13-15-26(16-14-25)37-21-9-20-34/h2,4-5,8,10-16,23,31,34,36H,3,6-7,9,17-22H2,1H3,(H,33,35)/b12-8+/t23-,30-/m0/s1. The highest BCUT2D eigenvalue weighted by Gasteiger charge is 2.49. The Morgan fingerprint density at radius 3 is 2.58 bits per heavy atom. The number of nitrogens with one attached hydrogen (secondary N) is 2. The van der Waals surface area contributed by atoms with E-state index >= 15 is 0 Å². The van der Waals surface area contributed by atoms with E-state index in [0.29, 0.717) is 31.1 Å². The molecule has 2 aliphatic rings. The van der Waals surface area contributed by atoms with E-state index in [1.807, 2.05) is 73.7 Å². The fourth-order valence-corrected chi connectivity index (χ4v) is 4.91. The van der Waals surface area contributed by atoms with Crippen molar-refractivity contribution < 1.29 is 24.5 Å². The van der Waals surface area contributed by atoms with Crippen molar-refractivity contribution in [3.8, 4) is 5.75 Å². The first kappa shape index (κ1) is 27.8. The van der Waals surface area contributed by atoms with Gasteiger partial charge in [-0.05, 0) is 49.6 Å². The molecule has 4 rings (SSSR count). The zero-order valence-corrected chi connectivity index (χ0v) is 22.1. The molecular weight excluding hydrogens is 482 g/mol. The summed E-state index contributed by atoms with van der Waals surface area (Å²) in [6.45, 7) is 2.66. The molecule has 0 saturated heterocycles. The van der Waals surface area contributed by atoms with Crippen molar-refractivity contribution >= 4 is 17.9 Å². The normalized spacial score (nSPS) is 22.6. The molecule has 204 valence electrons. The summed E-state index contributed by atoms with van der Waals surface area (Å²) in [4.78, 5) is 18.5. The summed E-state index contributed by atoms with van der Waals surface area (Å²) in [5, 5.41) is 19.8. The van der Waals surface area contributed by atoms with Crippen molar-refractivity contribution in [1.82, 2.24) is 10.9 Å². The van der Waals surface area contributed by atoms with Gasteiger partial charge in [0, 0.05) is 31.6 Å². The molecule has 0 spiro atoms. The van der Waals surface area contributed by atoms with E-state index in [4.69, 9.17) is 19.6 Å². The number of nitrogens with zero attached hydrogens (tertiary/aromatic N) is 1. The summed E-state index contributed by atoms with van der Waals surface area (Å²) < 4.78 is 11.8. The van der Waals surface area contributed by atoms with Crippen LogP contribution in [0.4, 0.5) is 0 Å². The summed E-state index contributed by atoms with van der Waals surface area (Å²) >= 11 is 0. The molecule has 0 bridgehead atoms. The van der Waals surface area contributed by atoms with Crippen LogP contribution in [-0.2, 0) is 9.53 Å². The zero-order valence-electron chi connectivity index (χ0n) is 22.1. The highest BCUT2D eigenvalue weighted by Crippen LogP contribution is 2.33. The van der Waals surface area contributed by atoms with E-state index in [-0.39, 0.29) is 19.1 Å². The Morgan fingerprint density at radius 1 is 1.13 bits per heavy atom. The molecule has 8 nitrogen and oxygen atoms in total. The minimum atomic E-state index is -1.18. The maximum absolute atomic E-state index is 13.6. The molecule has 1 fully saturated rings. The first-order valence-corrected chi connectivity index (χ1v) is 13.5. The number of hydrogen-bond acceptors (Lipinski definition) is 7. The quantitative estimate of drug-likeness (QED) is 0.250. The topological polar surface area (TPSA) is 112 Å². The van der Waals surface area contributed by atoms with Crippen LogP contribution in [0.15, 0.2) is 65.7 Å². The molecule has 8 heteroatoms. The van der Waals surface area contributed by atoms with Gasteiger partial charge in [0.1, 0.15) is 11.9 Å². The second-order valence-corrected chi connectivity index (χ2v) is 10.2. The van der Waals surface area contributed by atoms with Crippen molar-refractivity contribution in [1.29, 1.82) is 0 Å². The lowest BCUT2D eigenvalue weighted by molar-refractivity contribution is -0.129. The molecule has 0 radical (unpaired) electrons. The van der Waals surface area contributed by atoms with Gasteiger partial charge in [-0.15, -0.1) is 0 Å². The van der Waals surface area contributed by atoms with Crippen molar-refractivity contribution in [2.75, 3.05) is 19.8 Å². The molecule has 1 heterocycles. The summed E-state index contributed by atoms with van der Waals surface area (Å²) in [5.74, 6) is 0.781. The summed E-state index contributed by atoms with van der Waals surface area (Å²) in [6, 6.07) is 17.3. The van der Waals surface area contributed by atoms with Crippen molar-refractivity contribution in [3.63, 3.8) is 0 Å². The SMILES string of the molecule is C[C@@H]1OC(c2ccc(OCCCO)cc2)=N[C@]1(C/C=C/c1ccccc1)C(=O)NNCC1(O)CCCCC1. The molecule has 0 aromatic heterocycles. The van der Waals surface area contributed by atoms with Crippen LogP contribution in [0.3, 0.4) is 0 Å². The number of aliphatic hydroxyl groups excluding tert-OH is 1. The number of benzene rings is 2. The van der Waals surface area contributed by atoms with Crippen LogP contribution in [0.1, 0.15) is 63.0 Å². The number of aliphatic hydroxyl groups is 2. The highest BCUT2D eigenvalue weighted by molar-refractivity contribution is 6.00. The van der Waals surface area contributed by atoms with Gasteiger partial charge in [0.15, 0.2) is 5.54 Å². The first-order valence-electron chi connectivity index (χ1n) is 13.5. The number of aliphatic imine (C=N–C) groups is 1. The second kappa shape index (κ2) is 13.0. The van der Waals surface area contributed by atoms with Gasteiger partial charge >= 0.3 is 0 Å². The number of carbonyl (C=O) groups is 1. The van der Waals surface area contributed by atoms with Crippen LogP contribution in [0.25, 0.3) is 6.08 Å². The van der Waals surface area contributed by atoms with E-state index in [1.54, 1.807) is 0 Å². The predicted octanol–water partition coefficient (Wildman–Crippen LogP) is 3.77. The van der Waals surface area contributed by atoms with Gasteiger partial charge in [-0.25, -0.2) is 10.4 Å². The number of carbonyl (C=O) groups excluding carboxylic acids is 1. The monoisotopic (exact) mass is 521 g/mol. The molecule has 2 aromatic carbocycles. The van der Waals surface area contributed by atoms with Gasteiger partial charge in [0.2, 0.25) is 5.90 Å². The van der Waals surface area contributed by atoms with Crippen LogP contribution in [0.2, 0.25) is 0 Å². The lowest BCUT2D eigenvalue weighted by Gasteiger charge is -2.33. The first-order chi connectivity index (χ1) is 18.4. The Kier molecular flexibility index (Phi) is 9.55. The second-order valence-electron chi connectivity index (χ2n) is 10.2. The fraction of sp³-hybridized carbons (Fsp3) is 0.467. The van der Waals surface area contributed by atoms with Gasteiger partial charge in [-0.3, -0.25) is 10.2 Å². The third-order valence-electron chi connectivity index (χ3n) is 7.27. The number of rotatable bonds is 12. The lowest BCUT2D eigenvalue weighted by atomic mass is 9.85. The molecular formula is C30H39N3O5. The molecule has 38 heavy (non-hydrogen) atoms. The Hall–Kier alpha value is -3.20. The average molecular weight is 522 g/mol. The number of hydrazine groups is 1. The molecule has 1 amide bonds. The Balaban J connectivity index is 1.51. The molecule has 1 aliphatic carbocycles. The van der Waals surface area contributed by atoms with Gasteiger partial charge in [0.05, 0.1) is 12.2 Å². The maximum atomic E-state index is 13.6. The number of ether oxygens (including phenoxy) is 2. The Labute approximate surface area is 224 Å². The number of amides is 1. The van der Waals surface area contributed by atoms with Crippen LogP contribution in [0, 0.1) is 0 Å². The van der Waals surface area contributed by atoms with Gasteiger partial charge in [0.25, 0.3) is 5.91 Å². The van der Waals surface area contributed by atoms with Crippen LogP contribution >= 0.6 is 0 Å². The Bertz CT molecular complexity index is 1100. The van der Waals surface area contributed by atoms with Crippen molar-refractivity contribution in [2.45, 2.75) is 69.1 Å². The van der Waals surface area contributed by atoms with Crippen LogP contribution in [0.5, 0.6) is 5.75 Å². The van der Waals surface area contributed by atoms with Crippen molar-refractivity contribution in [3.05, 3.63) is 71.8 Å². The van der Waals surface area contributed by atoms with E-state index in [9.17, 15) is 9.90 Å². The smallest absolute Gasteiger partial charge is 0.266 e. The minimum absolute atomic E-state index is 0.0810. The molecule has 1 aliphatic heterocycles. The van der Waals surface area contributed by atoms with E-state index in [2.05, 4.69) is 10.9 Å². The number of hydrogen-bond donors (Lipinski definition) is 4. The largest absolute Gasteiger partial charge is 0.494 e. The third kappa shape index (κ3) is 7.01. The molecule has 2 aromatic rings. The lowest BCUT2D eigenvalue weighted by Crippen LogP contribution is -2.57. The van der Waals surface area contributed by atoms with Crippen LogP contribution in [-0.4, -0.2) is 59.0 Å². The molecule has 1 saturated carbocycles. The minimum Gasteiger partial charge on any atom is -0.494 e. The average Bonchev–Trinajstić information content (AvgIpc) is 3.27. The zero-order chi connectivity index (χ0) is 26.8. The van der Waals surface area contributed by atoms with E-state index in [0.717, 1.165) is 43.2 Å². The predicted molar refractivity (Wildman–Crippen MR) is 148 cm³/mol. The Morgan fingerprint density at radius 2 is 1.87 bits per heavy atom.